The highest BCUT2D eigenvalue weighted by molar-refractivity contribution is 4.83. The fourth-order valence-corrected chi connectivity index (χ4v) is 1.78. The Morgan fingerprint density at radius 3 is 2.50 bits per heavy atom. The summed E-state index contributed by atoms with van der Waals surface area (Å²) in [5.41, 5.74) is 0. The van der Waals surface area contributed by atoms with Crippen molar-refractivity contribution in [3.8, 4) is 0 Å². The van der Waals surface area contributed by atoms with E-state index in [1.54, 1.807) is 0 Å². The van der Waals surface area contributed by atoms with Crippen LogP contribution >= 0.6 is 0 Å². The third kappa shape index (κ3) is 1.93. The number of hydrogen-bond donors (Lipinski definition) is 1. The molecule has 12 heavy (non-hydrogen) atoms. The summed E-state index contributed by atoms with van der Waals surface area (Å²) in [5, 5.41) is 9.33. The van der Waals surface area contributed by atoms with Crippen molar-refractivity contribution in [2.45, 2.75) is 37.9 Å². The Morgan fingerprint density at radius 1 is 1.42 bits per heavy atom. The van der Waals surface area contributed by atoms with Gasteiger partial charge in [-0.3, -0.25) is 0 Å². The highest BCUT2D eigenvalue weighted by Crippen LogP contribution is 2.31. The molecular formula is C8H14F2O2. The minimum atomic E-state index is -2.38. The summed E-state index contributed by atoms with van der Waals surface area (Å²) in [6, 6.07) is 0. The van der Waals surface area contributed by atoms with Crippen LogP contribution in [0.15, 0.2) is 0 Å². The van der Waals surface area contributed by atoms with Crippen LogP contribution in [-0.4, -0.2) is 30.8 Å². The summed E-state index contributed by atoms with van der Waals surface area (Å²) < 4.78 is 29.5. The van der Waals surface area contributed by atoms with Gasteiger partial charge in [-0.15, -0.1) is 0 Å². The van der Waals surface area contributed by atoms with Crippen LogP contribution in [0.2, 0.25) is 0 Å². The number of halogens is 2. The normalized spacial score (nSPS) is 37.2. The number of rotatable bonds is 2. The van der Waals surface area contributed by atoms with Crippen LogP contribution in [0.5, 0.6) is 0 Å². The number of aliphatic hydroxyl groups excluding tert-OH is 1. The Balaban J connectivity index is 2.57. The van der Waals surface area contributed by atoms with Gasteiger partial charge >= 0.3 is 0 Å². The molecule has 0 aliphatic heterocycles. The van der Waals surface area contributed by atoms with Crippen LogP contribution in [0, 0.1) is 5.92 Å². The summed E-state index contributed by atoms with van der Waals surface area (Å²) >= 11 is 0. The molecule has 0 heterocycles. The molecule has 72 valence electrons. The zero-order valence-electron chi connectivity index (χ0n) is 7.04. The fourth-order valence-electron chi connectivity index (χ4n) is 1.78. The molecule has 4 heteroatoms. The average Bonchev–Trinajstić information content (AvgIpc) is 2.03. The number of methoxy groups -OCH3 is 1. The van der Waals surface area contributed by atoms with Crippen LogP contribution in [0.25, 0.3) is 0 Å². The molecule has 0 aromatic rings. The molecule has 1 fully saturated rings. The van der Waals surface area contributed by atoms with Crippen molar-refractivity contribution in [1.82, 2.24) is 0 Å². The van der Waals surface area contributed by atoms with Gasteiger partial charge in [0.15, 0.2) is 0 Å². The molecule has 0 radical (unpaired) electrons. The molecule has 0 aromatic heterocycles. The van der Waals surface area contributed by atoms with E-state index in [9.17, 15) is 13.9 Å². The largest absolute Gasteiger partial charge is 0.390 e. The zero-order chi connectivity index (χ0) is 9.14. The van der Waals surface area contributed by atoms with Gasteiger partial charge in [-0.2, -0.15) is 0 Å². The molecule has 0 spiro atoms. The van der Waals surface area contributed by atoms with E-state index in [-0.39, 0.29) is 0 Å². The molecule has 1 aliphatic carbocycles. The smallest absolute Gasteiger partial charge is 0.244 e. The lowest BCUT2D eigenvalue weighted by molar-refractivity contribution is -0.111. The molecule has 2 unspecified atom stereocenters. The molecular weight excluding hydrogens is 166 g/mol. The van der Waals surface area contributed by atoms with Crippen molar-refractivity contribution in [3.63, 3.8) is 0 Å². The van der Waals surface area contributed by atoms with E-state index < -0.39 is 24.6 Å². The topological polar surface area (TPSA) is 29.5 Å². The molecule has 0 saturated heterocycles. The lowest BCUT2D eigenvalue weighted by Gasteiger charge is -2.33. The van der Waals surface area contributed by atoms with Gasteiger partial charge in [-0.05, 0) is 12.8 Å². The predicted molar refractivity (Wildman–Crippen MR) is 40.1 cm³/mol. The minimum absolute atomic E-state index is 0.452. The van der Waals surface area contributed by atoms with Gasteiger partial charge in [0.2, 0.25) is 6.43 Å². The number of aliphatic hydroxyl groups is 1. The van der Waals surface area contributed by atoms with Crippen molar-refractivity contribution < 1.29 is 18.6 Å². The van der Waals surface area contributed by atoms with Gasteiger partial charge in [0.25, 0.3) is 0 Å². The van der Waals surface area contributed by atoms with Gasteiger partial charge < -0.3 is 9.84 Å². The maximum atomic E-state index is 12.3. The average molecular weight is 180 g/mol. The maximum absolute atomic E-state index is 12.3. The van der Waals surface area contributed by atoms with Crippen molar-refractivity contribution in [3.05, 3.63) is 0 Å². The quantitative estimate of drug-likeness (QED) is 0.696. The van der Waals surface area contributed by atoms with Crippen LogP contribution in [0.4, 0.5) is 8.78 Å². The van der Waals surface area contributed by atoms with Gasteiger partial charge in [0.1, 0.15) is 0 Å². The van der Waals surface area contributed by atoms with E-state index in [1.807, 2.05) is 0 Å². The van der Waals surface area contributed by atoms with E-state index >= 15 is 0 Å². The van der Waals surface area contributed by atoms with Crippen molar-refractivity contribution in [2.75, 3.05) is 7.11 Å². The lowest BCUT2D eigenvalue weighted by Crippen LogP contribution is -2.42. The van der Waals surface area contributed by atoms with Crippen LogP contribution in [0.3, 0.4) is 0 Å². The first kappa shape index (κ1) is 9.86. The fraction of sp³-hybridized carbons (Fsp3) is 1.00. The molecule has 1 aliphatic rings. The van der Waals surface area contributed by atoms with Gasteiger partial charge in [0, 0.05) is 13.0 Å². The second-order valence-corrected chi connectivity index (χ2v) is 3.20. The SMILES string of the molecule is CO[C@H]1C(O)CCCC1C(F)F. The lowest BCUT2D eigenvalue weighted by atomic mass is 9.84. The zero-order valence-corrected chi connectivity index (χ0v) is 7.04. The van der Waals surface area contributed by atoms with Crippen molar-refractivity contribution in [1.29, 1.82) is 0 Å². The molecule has 3 atom stereocenters. The van der Waals surface area contributed by atoms with E-state index in [2.05, 4.69) is 0 Å². The van der Waals surface area contributed by atoms with Crippen LogP contribution in [0.1, 0.15) is 19.3 Å². The van der Waals surface area contributed by atoms with E-state index in [0.717, 1.165) is 0 Å². The first-order chi connectivity index (χ1) is 5.66. The van der Waals surface area contributed by atoms with Crippen molar-refractivity contribution >= 4 is 0 Å². The summed E-state index contributed by atoms with van der Waals surface area (Å²) in [7, 11) is 1.37. The third-order valence-corrected chi connectivity index (χ3v) is 2.43. The monoisotopic (exact) mass is 180 g/mol. The Morgan fingerprint density at radius 2 is 2.08 bits per heavy atom. The third-order valence-electron chi connectivity index (χ3n) is 2.43. The summed E-state index contributed by atoms with van der Waals surface area (Å²) in [6.45, 7) is 0. The highest BCUT2D eigenvalue weighted by Gasteiger charge is 2.37. The Labute approximate surface area is 70.5 Å². The van der Waals surface area contributed by atoms with E-state index in [1.165, 1.54) is 7.11 Å². The summed E-state index contributed by atoms with van der Waals surface area (Å²) in [4.78, 5) is 0. The van der Waals surface area contributed by atoms with E-state index in [4.69, 9.17) is 4.74 Å². The molecule has 0 bridgehead atoms. The molecule has 1 rings (SSSR count). The maximum Gasteiger partial charge on any atom is 0.244 e. The van der Waals surface area contributed by atoms with Crippen molar-refractivity contribution in [2.24, 2.45) is 5.92 Å². The molecule has 0 amide bonds. The van der Waals surface area contributed by atoms with E-state index in [0.29, 0.717) is 19.3 Å². The molecule has 2 nitrogen and oxygen atoms in total. The Kier molecular flexibility index (Phi) is 3.40. The Bertz CT molecular complexity index is 141. The second kappa shape index (κ2) is 4.14. The molecule has 0 aromatic carbocycles. The summed E-state index contributed by atoms with van der Waals surface area (Å²) in [5.74, 6) is -0.793. The first-order valence-corrected chi connectivity index (χ1v) is 4.16. The van der Waals surface area contributed by atoms with Crippen LogP contribution < -0.4 is 0 Å². The molecule has 1 N–H and O–H groups in total. The standard InChI is InChI=1S/C8H14F2O2/c1-12-7-5(8(9)10)3-2-4-6(7)11/h5-8,11H,2-4H2,1H3/t5?,6?,7-/m1/s1. The Hall–Kier alpha value is -0.220. The number of alkyl halides is 2. The second-order valence-electron chi connectivity index (χ2n) is 3.20. The number of ether oxygens (including phenoxy) is 1. The van der Waals surface area contributed by atoms with Gasteiger partial charge in [0.05, 0.1) is 12.2 Å². The number of hydrogen-bond acceptors (Lipinski definition) is 2. The predicted octanol–water partition coefficient (Wildman–Crippen LogP) is 1.43. The van der Waals surface area contributed by atoms with Gasteiger partial charge in [-0.1, -0.05) is 6.42 Å². The minimum Gasteiger partial charge on any atom is -0.390 e. The van der Waals surface area contributed by atoms with Gasteiger partial charge in [-0.25, -0.2) is 8.78 Å². The highest BCUT2D eigenvalue weighted by atomic mass is 19.3. The molecule has 1 saturated carbocycles. The van der Waals surface area contributed by atoms with Crippen LogP contribution in [-0.2, 0) is 4.74 Å². The summed E-state index contributed by atoms with van der Waals surface area (Å²) in [6.07, 6.45) is -2.10. The first-order valence-electron chi connectivity index (χ1n) is 4.16.